The number of nitrogens with one attached hydrogen (secondary N) is 1. The maximum atomic E-state index is 12.0. The molecule has 0 aliphatic heterocycles. The second-order valence-corrected chi connectivity index (χ2v) is 3.93. The van der Waals surface area contributed by atoms with Gasteiger partial charge in [-0.25, -0.2) is 4.98 Å². The Morgan fingerprint density at radius 1 is 1.59 bits per heavy atom. The maximum Gasteiger partial charge on any atom is 0.293 e. The molecule has 0 bridgehead atoms. The molecule has 1 aromatic heterocycles. The van der Waals surface area contributed by atoms with Crippen molar-refractivity contribution in [2.75, 3.05) is 5.32 Å². The fourth-order valence-corrected chi connectivity index (χ4v) is 1.60. The summed E-state index contributed by atoms with van der Waals surface area (Å²) in [6.45, 7) is 4.78. The fourth-order valence-electron chi connectivity index (χ4n) is 1.60. The van der Waals surface area contributed by atoms with Gasteiger partial charge in [0.05, 0.1) is 0 Å². The third-order valence-electron chi connectivity index (χ3n) is 2.58. The molecule has 4 heteroatoms. The molecular formula is C13H19N3O. The van der Waals surface area contributed by atoms with E-state index in [1.165, 1.54) is 0 Å². The molecule has 1 atom stereocenters. The average Bonchev–Trinajstić information content (AvgIpc) is 2.33. The predicted octanol–water partition coefficient (Wildman–Crippen LogP) is 1.87. The molecule has 0 saturated heterocycles. The zero-order valence-electron chi connectivity index (χ0n) is 10.4. The third kappa shape index (κ3) is 3.63. The molecule has 4 nitrogen and oxygen atoms in total. The standard InChI is InChI=1S/C13H19N3O/c1-4-7-11(6-3)15-12-13(17)16(9-5-2)10-8-14-12/h1,8,10-11H,5-7,9H2,2-3H3,(H,14,15). The fraction of sp³-hybridized carbons (Fsp3) is 0.538. The van der Waals surface area contributed by atoms with Crippen molar-refractivity contribution in [1.29, 1.82) is 0 Å². The Labute approximate surface area is 102 Å². The Morgan fingerprint density at radius 2 is 2.35 bits per heavy atom. The summed E-state index contributed by atoms with van der Waals surface area (Å²) >= 11 is 0. The van der Waals surface area contributed by atoms with Crippen LogP contribution in [-0.4, -0.2) is 15.6 Å². The van der Waals surface area contributed by atoms with E-state index in [1.54, 1.807) is 17.0 Å². The van der Waals surface area contributed by atoms with Crippen molar-refractivity contribution in [1.82, 2.24) is 9.55 Å². The van der Waals surface area contributed by atoms with Crippen LogP contribution in [0.2, 0.25) is 0 Å². The van der Waals surface area contributed by atoms with E-state index in [4.69, 9.17) is 6.42 Å². The van der Waals surface area contributed by atoms with Gasteiger partial charge in [0.1, 0.15) is 0 Å². The van der Waals surface area contributed by atoms with Gasteiger partial charge in [0.25, 0.3) is 5.56 Å². The third-order valence-corrected chi connectivity index (χ3v) is 2.58. The Balaban J connectivity index is 2.88. The largest absolute Gasteiger partial charge is 0.362 e. The molecule has 1 aromatic rings. The van der Waals surface area contributed by atoms with Crippen LogP contribution in [0, 0.1) is 12.3 Å². The van der Waals surface area contributed by atoms with Gasteiger partial charge in [-0.3, -0.25) is 4.79 Å². The van der Waals surface area contributed by atoms with E-state index in [2.05, 4.69) is 16.2 Å². The van der Waals surface area contributed by atoms with Crippen molar-refractivity contribution in [2.24, 2.45) is 0 Å². The Morgan fingerprint density at radius 3 is 2.94 bits per heavy atom. The number of aryl methyl sites for hydroxylation is 1. The number of terminal acetylenes is 1. The Kier molecular flexibility index (Phi) is 5.28. The molecule has 92 valence electrons. The molecule has 0 amide bonds. The summed E-state index contributed by atoms with van der Waals surface area (Å²) in [6.07, 6.45) is 11.0. The Hall–Kier alpha value is -1.76. The summed E-state index contributed by atoms with van der Waals surface area (Å²) in [5, 5.41) is 3.11. The molecule has 0 radical (unpaired) electrons. The lowest BCUT2D eigenvalue weighted by Crippen LogP contribution is -2.28. The average molecular weight is 233 g/mol. The lowest BCUT2D eigenvalue weighted by atomic mass is 10.1. The van der Waals surface area contributed by atoms with E-state index < -0.39 is 0 Å². The summed E-state index contributed by atoms with van der Waals surface area (Å²) in [7, 11) is 0. The molecule has 0 aliphatic rings. The summed E-state index contributed by atoms with van der Waals surface area (Å²) in [4.78, 5) is 16.1. The topological polar surface area (TPSA) is 46.9 Å². The minimum atomic E-state index is -0.0789. The van der Waals surface area contributed by atoms with Gasteiger partial charge in [0.2, 0.25) is 0 Å². The molecule has 0 aromatic carbocycles. The molecule has 1 rings (SSSR count). The van der Waals surface area contributed by atoms with Gasteiger partial charge >= 0.3 is 0 Å². The van der Waals surface area contributed by atoms with Crippen molar-refractivity contribution in [3.05, 3.63) is 22.7 Å². The molecule has 0 spiro atoms. The second-order valence-electron chi connectivity index (χ2n) is 3.93. The number of anilines is 1. The van der Waals surface area contributed by atoms with Crippen LogP contribution in [0.25, 0.3) is 0 Å². The van der Waals surface area contributed by atoms with Crippen molar-refractivity contribution in [2.45, 2.75) is 45.7 Å². The van der Waals surface area contributed by atoms with Crippen molar-refractivity contribution < 1.29 is 0 Å². The zero-order valence-corrected chi connectivity index (χ0v) is 10.4. The first kappa shape index (κ1) is 13.3. The van der Waals surface area contributed by atoms with E-state index >= 15 is 0 Å². The van der Waals surface area contributed by atoms with Crippen LogP contribution in [-0.2, 0) is 6.54 Å². The molecule has 1 N–H and O–H groups in total. The minimum Gasteiger partial charge on any atom is -0.362 e. The van der Waals surface area contributed by atoms with Gasteiger partial charge in [0.15, 0.2) is 5.82 Å². The van der Waals surface area contributed by atoms with E-state index in [9.17, 15) is 4.79 Å². The molecule has 0 fully saturated rings. The van der Waals surface area contributed by atoms with Crippen LogP contribution in [0.3, 0.4) is 0 Å². The van der Waals surface area contributed by atoms with Crippen molar-refractivity contribution >= 4 is 5.82 Å². The van der Waals surface area contributed by atoms with Gasteiger partial charge in [-0.1, -0.05) is 13.8 Å². The quantitative estimate of drug-likeness (QED) is 0.763. The number of hydrogen-bond donors (Lipinski definition) is 1. The zero-order chi connectivity index (χ0) is 12.7. The first-order valence-electron chi connectivity index (χ1n) is 5.98. The molecule has 17 heavy (non-hydrogen) atoms. The maximum absolute atomic E-state index is 12.0. The second kappa shape index (κ2) is 6.74. The highest BCUT2D eigenvalue weighted by atomic mass is 16.1. The van der Waals surface area contributed by atoms with Crippen LogP contribution in [0.15, 0.2) is 17.2 Å². The number of aromatic nitrogens is 2. The van der Waals surface area contributed by atoms with Gasteiger partial charge < -0.3 is 9.88 Å². The van der Waals surface area contributed by atoms with E-state index in [0.717, 1.165) is 12.8 Å². The van der Waals surface area contributed by atoms with Crippen LogP contribution >= 0.6 is 0 Å². The van der Waals surface area contributed by atoms with Crippen LogP contribution in [0.5, 0.6) is 0 Å². The summed E-state index contributed by atoms with van der Waals surface area (Å²) < 4.78 is 1.66. The lowest BCUT2D eigenvalue weighted by Gasteiger charge is -2.15. The molecule has 1 unspecified atom stereocenters. The van der Waals surface area contributed by atoms with Crippen LogP contribution in [0.1, 0.15) is 33.1 Å². The molecule has 0 aliphatic carbocycles. The van der Waals surface area contributed by atoms with E-state index in [1.807, 2.05) is 13.8 Å². The van der Waals surface area contributed by atoms with Crippen molar-refractivity contribution in [3.8, 4) is 12.3 Å². The molecular weight excluding hydrogens is 214 g/mol. The predicted molar refractivity (Wildman–Crippen MR) is 69.9 cm³/mol. The minimum absolute atomic E-state index is 0.0789. The highest BCUT2D eigenvalue weighted by Gasteiger charge is 2.09. The Bertz CT molecular complexity index is 445. The molecule has 1 heterocycles. The first-order chi connectivity index (χ1) is 8.22. The highest BCUT2D eigenvalue weighted by molar-refractivity contribution is 5.32. The summed E-state index contributed by atoms with van der Waals surface area (Å²) in [5.41, 5.74) is -0.0789. The lowest BCUT2D eigenvalue weighted by molar-refractivity contribution is 0.642. The monoisotopic (exact) mass is 233 g/mol. The normalized spacial score (nSPS) is 11.8. The van der Waals surface area contributed by atoms with Crippen molar-refractivity contribution in [3.63, 3.8) is 0 Å². The SMILES string of the molecule is C#CCC(CC)Nc1nccn(CCC)c1=O. The van der Waals surface area contributed by atoms with Gasteiger partial charge in [-0.2, -0.15) is 0 Å². The van der Waals surface area contributed by atoms with Gasteiger partial charge in [-0.05, 0) is 12.8 Å². The number of hydrogen-bond acceptors (Lipinski definition) is 3. The van der Waals surface area contributed by atoms with Crippen LogP contribution in [0.4, 0.5) is 5.82 Å². The number of nitrogens with zero attached hydrogens (tertiary/aromatic N) is 2. The van der Waals surface area contributed by atoms with Crippen LogP contribution < -0.4 is 10.9 Å². The molecule has 0 saturated carbocycles. The smallest absolute Gasteiger partial charge is 0.293 e. The van der Waals surface area contributed by atoms with E-state index in [0.29, 0.717) is 18.8 Å². The van der Waals surface area contributed by atoms with E-state index in [-0.39, 0.29) is 11.6 Å². The van der Waals surface area contributed by atoms with Gasteiger partial charge in [-0.15, -0.1) is 12.3 Å². The summed E-state index contributed by atoms with van der Waals surface area (Å²) in [5.74, 6) is 2.99. The first-order valence-corrected chi connectivity index (χ1v) is 5.98. The van der Waals surface area contributed by atoms with Gasteiger partial charge in [0, 0.05) is 31.4 Å². The highest BCUT2D eigenvalue weighted by Crippen LogP contribution is 2.04. The number of rotatable bonds is 6. The summed E-state index contributed by atoms with van der Waals surface area (Å²) in [6, 6.07) is 0.109.